The normalized spacial score (nSPS) is 11.8. The van der Waals surface area contributed by atoms with Crippen molar-refractivity contribution in [2.75, 3.05) is 11.0 Å². The van der Waals surface area contributed by atoms with Gasteiger partial charge in [-0.15, -0.1) is 0 Å². The molecule has 0 atom stereocenters. The monoisotopic (exact) mass is 499 g/mol. The van der Waals surface area contributed by atoms with E-state index in [9.17, 15) is 12.8 Å². The number of imidazole rings is 1. The molecule has 0 aliphatic carbocycles. The van der Waals surface area contributed by atoms with Gasteiger partial charge < -0.3 is 4.98 Å². The molecule has 0 bridgehead atoms. The minimum Gasteiger partial charge on any atom is -0.335 e. The van der Waals surface area contributed by atoms with Gasteiger partial charge in [-0.1, -0.05) is 18.2 Å². The molecule has 0 fully saturated rings. The maximum atomic E-state index is 13.8. The van der Waals surface area contributed by atoms with Crippen molar-refractivity contribution in [2.45, 2.75) is 0 Å². The molecule has 2 aromatic carbocycles. The number of pyridine rings is 2. The van der Waals surface area contributed by atoms with Crippen molar-refractivity contribution in [3.05, 3.63) is 79.0 Å². The van der Waals surface area contributed by atoms with Crippen LogP contribution in [0.25, 0.3) is 55.7 Å². The number of fused-ring (bicyclic) bond motifs is 2. The number of aromatic nitrogens is 6. The highest BCUT2D eigenvalue weighted by molar-refractivity contribution is 7.92. The van der Waals surface area contributed by atoms with Gasteiger partial charge in [0.25, 0.3) is 0 Å². The molecule has 6 aromatic rings. The SMILES string of the molecule is CS(=O)(=O)Nc1cc(-c2ccc3[nH]nc(-c4nc5c(-c6cccc(F)c6)cncc5[nH]4)c3c2)ccn1. The number of halogens is 1. The molecule has 178 valence electrons. The zero-order chi connectivity index (χ0) is 24.9. The van der Waals surface area contributed by atoms with Gasteiger partial charge in [-0.2, -0.15) is 5.10 Å². The molecule has 0 saturated heterocycles. The van der Waals surface area contributed by atoms with Gasteiger partial charge in [-0.3, -0.25) is 14.8 Å². The average molecular weight is 500 g/mol. The van der Waals surface area contributed by atoms with E-state index in [2.05, 4.69) is 29.9 Å². The second-order valence-electron chi connectivity index (χ2n) is 8.32. The number of H-pyrrole nitrogens is 2. The third-order valence-electron chi connectivity index (χ3n) is 5.70. The van der Waals surface area contributed by atoms with Crippen LogP contribution in [0.2, 0.25) is 0 Å². The van der Waals surface area contributed by atoms with Crippen molar-refractivity contribution >= 4 is 37.8 Å². The number of nitrogens with zero attached hydrogens (tertiary/aromatic N) is 4. The van der Waals surface area contributed by atoms with Crippen molar-refractivity contribution in [3.8, 4) is 33.8 Å². The van der Waals surface area contributed by atoms with Gasteiger partial charge >= 0.3 is 0 Å². The van der Waals surface area contributed by atoms with Gasteiger partial charge in [-0.25, -0.2) is 22.8 Å². The Bertz CT molecular complexity index is 1880. The molecule has 6 rings (SSSR count). The van der Waals surface area contributed by atoms with Crippen LogP contribution in [-0.2, 0) is 10.0 Å². The number of benzene rings is 2. The van der Waals surface area contributed by atoms with Crippen molar-refractivity contribution in [3.63, 3.8) is 0 Å². The number of aromatic amines is 2. The second kappa shape index (κ2) is 8.24. The molecule has 9 nitrogen and oxygen atoms in total. The highest BCUT2D eigenvalue weighted by atomic mass is 32.2. The molecule has 0 saturated carbocycles. The van der Waals surface area contributed by atoms with Crippen molar-refractivity contribution in [2.24, 2.45) is 0 Å². The zero-order valence-electron chi connectivity index (χ0n) is 18.8. The van der Waals surface area contributed by atoms with Crippen LogP contribution in [0.15, 0.2) is 73.2 Å². The fraction of sp³-hybridized carbons (Fsp3) is 0.0400. The summed E-state index contributed by atoms with van der Waals surface area (Å²) in [5.41, 5.74) is 5.79. The molecule has 0 radical (unpaired) electrons. The molecule has 0 aliphatic rings. The number of rotatable bonds is 5. The molecular weight excluding hydrogens is 481 g/mol. The lowest BCUT2D eigenvalue weighted by Gasteiger charge is -2.06. The fourth-order valence-corrected chi connectivity index (χ4v) is 4.63. The Morgan fingerprint density at radius 1 is 0.944 bits per heavy atom. The topological polar surface area (TPSA) is 129 Å². The Labute approximate surface area is 204 Å². The van der Waals surface area contributed by atoms with Crippen LogP contribution in [0.1, 0.15) is 0 Å². The average Bonchev–Trinajstić information content (AvgIpc) is 3.46. The van der Waals surface area contributed by atoms with E-state index in [0.29, 0.717) is 33.7 Å². The lowest BCUT2D eigenvalue weighted by molar-refractivity contribution is 0.606. The first-order valence-electron chi connectivity index (χ1n) is 10.9. The predicted octanol–water partition coefficient (Wildman–Crippen LogP) is 4.74. The summed E-state index contributed by atoms with van der Waals surface area (Å²) in [6.45, 7) is 0. The molecule has 0 spiro atoms. The van der Waals surface area contributed by atoms with E-state index in [1.807, 2.05) is 24.3 Å². The van der Waals surface area contributed by atoms with Crippen molar-refractivity contribution < 1.29 is 12.8 Å². The van der Waals surface area contributed by atoms with Crippen LogP contribution in [0.4, 0.5) is 10.2 Å². The summed E-state index contributed by atoms with van der Waals surface area (Å²) in [4.78, 5) is 16.4. The molecule has 0 unspecified atom stereocenters. The summed E-state index contributed by atoms with van der Waals surface area (Å²) in [7, 11) is -3.45. The first-order valence-corrected chi connectivity index (χ1v) is 12.8. The third kappa shape index (κ3) is 4.05. The summed E-state index contributed by atoms with van der Waals surface area (Å²) in [6.07, 6.45) is 5.95. The standard InChI is InChI=1S/C25H18FN7O2S/c1-36(34,35)33-22-11-15(7-8-28-22)14-5-6-20-18(10-14)24(32-31-20)25-29-21-13-27-12-19(23(21)30-25)16-3-2-4-17(26)9-16/h2-13H,1H3,(H,28,33)(H,29,30)(H,31,32). The first kappa shape index (κ1) is 21.9. The fourth-order valence-electron chi connectivity index (χ4n) is 4.14. The van der Waals surface area contributed by atoms with Crippen LogP contribution in [-0.4, -0.2) is 44.8 Å². The summed E-state index contributed by atoms with van der Waals surface area (Å²) in [5, 5.41) is 8.32. The Kier molecular flexibility index (Phi) is 5.00. The minimum atomic E-state index is -3.45. The van der Waals surface area contributed by atoms with Gasteiger partial charge in [0.1, 0.15) is 17.3 Å². The quantitative estimate of drug-likeness (QED) is 0.314. The molecule has 4 aromatic heterocycles. The van der Waals surface area contributed by atoms with Gasteiger partial charge in [-0.05, 0) is 53.1 Å². The maximum absolute atomic E-state index is 13.8. The van der Waals surface area contributed by atoms with E-state index in [1.165, 1.54) is 12.1 Å². The van der Waals surface area contributed by atoms with E-state index in [0.717, 1.165) is 28.3 Å². The molecule has 4 heterocycles. The number of sulfonamides is 1. The first-order chi connectivity index (χ1) is 17.3. The molecular formula is C25H18FN7O2S. The van der Waals surface area contributed by atoms with Crippen molar-refractivity contribution in [1.29, 1.82) is 0 Å². The second-order valence-corrected chi connectivity index (χ2v) is 10.1. The summed E-state index contributed by atoms with van der Waals surface area (Å²) < 4.78 is 39.4. The Morgan fingerprint density at radius 3 is 2.64 bits per heavy atom. The van der Waals surface area contributed by atoms with Crippen LogP contribution >= 0.6 is 0 Å². The Balaban J connectivity index is 1.45. The van der Waals surface area contributed by atoms with E-state index >= 15 is 0 Å². The minimum absolute atomic E-state index is 0.233. The van der Waals surface area contributed by atoms with E-state index < -0.39 is 10.0 Å². The lowest BCUT2D eigenvalue weighted by Crippen LogP contribution is -2.10. The molecule has 3 N–H and O–H groups in total. The molecule has 11 heteroatoms. The molecule has 36 heavy (non-hydrogen) atoms. The third-order valence-corrected chi connectivity index (χ3v) is 6.28. The molecule has 0 aliphatic heterocycles. The van der Waals surface area contributed by atoms with Gasteiger partial charge in [0.2, 0.25) is 10.0 Å². The summed E-state index contributed by atoms with van der Waals surface area (Å²) in [6, 6.07) is 15.5. The van der Waals surface area contributed by atoms with Crippen LogP contribution in [0.3, 0.4) is 0 Å². The van der Waals surface area contributed by atoms with Crippen molar-refractivity contribution in [1.82, 2.24) is 30.1 Å². The smallest absolute Gasteiger partial charge is 0.230 e. The van der Waals surface area contributed by atoms with E-state index in [1.54, 1.807) is 36.8 Å². The van der Waals surface area contributed by atoms with Crippen LogP contribution in [0, 0.1) is 5.82 Å². The number of hydrogen-bond acceptors (Lipinski definition) is 6. The van der Waals surface area contributed by atoms with Crippen LogP contribution < -0.4 is 4.72 Å². The molecule has 0 amide bonds. The summed E-state index contributed by atoms with van der Waals surface area (Å²) in [5.74, 6) is 0.433. The Morgan fingerprint density at radius 2 is 1.81 bits per heavy atom. The Hall–Kier alpha value is -4.64. The van der Waals surface area contributed by atoms with Gasteiger partial charge in [0.15, 0.2) is 5.82 Å². The van der Waals surface area contributed by atoms with E-state index in [-0.39, 0.29) is 11.6 Å². The number of nitrogens with one attached hydrogen (secondary N) is 3. The van der Waals surface area contributed by atoms with E-state index in [4.69, 9.17) is 4.98 Å². The zero-order valence-corrected chi connectivity index (χ0v) is 19.6. The lowest BCUT2D eigenvalue weighted by atomic mass is 10.0. The summed E-state index contributed by atoms with van der Waals surface area (Å²) >= 11 is 0. The predicted molar refractivity (Wildman–Crippen MR) is 136 cm³/mol. The van der Waals surface area contributed by atoms with Gasteiger partial charge in [0, 0.05) is 23.3 Å². The highest BCUT2D eigenvalue weighted by Crippen LogP contribution is 2.33. The highest BCUT2D eigenvalue weighted by Gasteiger charge is 2.16. The maximum Gasteiger partial charge on any atom is 0.230 e. The largest absolute Gasteiger partial charge is 0.335 e. The van der Waals surface area contributed by atoms with Crippen LogP contribution in [0.5, 0.6) is 0 Å². The van der Waals surface area contributed by atoms with Gasteiger partial charge in [0.05, 0.1) is 29.0 Å². The number of anilines is 1. The number of hydrogen-bond donors (Lipinski definition) is 3.